The van der Waals surface area contributed by atoms with Crippen LogP contribution in [0.5, 0.6) is 0 Å². The van der Waals surface area contributed by atoms with E-state index in [1.54, 1.807) is 11.1 Å². The van der Waals surface area contributed by atoms with Crippen LogP contribution in [0, 0.1) is 23.7 Å². The lowest BCUT2D eigenvalue weighted by Crippen LogP contribution is -2.55. The Morgan fingerprint density at radius 3 is 1.83 bits per heavy atom. The zero-order chi connectivity index (χ0) is 31.4. The van der Waals surface area contributed by atoms with E-state index in [0.717, 1.165) is 39.7 Å². The number of fused-ring (bicyclic) bond motifs is 6. The Balaban J connectivity index is 1.15. The number of aromatic nitrogens is 3. The van der Waals surface area contributed by atoms with Gasteiger partial charge in [0.15, 0.2) is 17.5 Å². The topological polar surface area (TPSA) is 38.7 Å². The summed E-state index contributed by atoms with van der Waals surface area (Å²) < 4.78 is 0. The Morgan fingerprint density at radius 1 is 0.438 bits per heavy atom. The van der Waals surface area contributed by atoms with Crippen LogP contribution in [0.1, 0.15) is 43.2 Å². The fraction of sp³-hybridized carbons (Fsp3) is 0.222. The summed E-state index contributed by atoms with van der Waals surface area (Å²) in [7, 11) is 0. The molecule has 0 aliphatic heterocycles. The van der Waals surface area contributed by atoms with Crippen LogP contribution < -0.4 is 0 Å². The van der Waals surface area contributed by atoms with Crippen molar-refractivity contribution in [3.8, 4) is 45.3 Å². The van der Waals surface area contributed by atoms with E-state index in [9.17, 15) is 0 Å². The number of benzene rings is 6. The van der Waals surface area contributed by atoms with Crippen LogP contribution in [0.3, 0.4) is 0 Å². The van der Waals surface area contributed by atoms with Crippen molar-refractivity contribution in [1.29, 1.82) is 0 Å². The molecular weight excluding hydrogens is 583 g/mol. The second-order valence-electron chi connectivity index (χ2n) is 14.8. The van der Waals surface area contributed by atoms with Gasteiger partial charge in [0.2, 0.25) is 0 Å². The third-order valence-corrected chi connectivity index (χ3v) is 12.5. The van der Waals surface area contributed by atoms with Crippen molar-refractivity contribution in [3.05, 3.63) is 139 Å². The second kappa shape index (κ2) is 9.93. The molecule has 230 valence electrons. The Labute approximate surface area is 280 Å². The van der Waals surface area contributed by atoms with E-state index in [2.05, 4.69) is 121 Å². The number of rotatable bonds is 3. The average Bonchev–Trinajstić information content (AvgIpc) is 3.44. The lowest BCUT2D eigenvalue weighted by molar-refractivity contribution is -0.0393. The second-order valence-corrected chi connectivity index (χ2v) is 14.8. The minimum atomic E-state index is 0.0971. The fourth-order valence-electron chi connectivity index (χ4n) is 10.9. The molecule has 0 amide bonds. The van der Waals surface area contributed by atoms with E-state index in [1.807, 2.05) is 6.07 Å². The molecule has 0 atom stereocenters. The highest BCUT2D eigenvalue weighted by molar-refractivity contribution is 5.99. The van der Waals surface area contributed by atoms with E-state index in [-0.39, 0.29) is 5.41 Å². The van der Waals surface area contributed by atoms with Crippen molar-refractivity contribution >= 4 is 21.5 Å². The zero-order valence-electron chi connectivity index (χ0n) is 26.8. The van der Waals surface area contributed by atoms with Gasteiger partial charge in [-0.1, -0.05) is 121 Å². The molecule has 1 aromatic heterocycles. The van der Waals surface area contributed by atoms with E-state index < -0.39 is 0 Å². The van der Waals surface area contributed by atoms with Crippen molar-refractivity contribution in [1.82, 2.24) is 15.0 Å². The molecule has 4 saturated carbocycles. The molecule has 0 saturated heterocycles. The van der Waals surface area contributed by atoms with Gasteiger partial charge in [0.05, 0.1) is 0 Å². The lowest BCUT2D eigenvalue weighted by Gasteiger charge is -2.61. The molecule has 5 aliphatic rings. The molecule has 3 nitrogen and oxygen atoms in total. The first-order valence-electron chi connectivity index (χ1n) is 17.7. The van der Waals surface area contributed by atoms with Gasteiger partial charge in [-0.2, -0.15) is 0 Å². The van der Waals surface area contributed by atoms with Crippen LogP contribution in [0.15, 0.2) is 127 Å². The molecule has 48 heavy (non-hydrogen) atoms. The van der Waals surface area contributed by atoms with Crippen LogP contribution in [0.4, 0.5) is 0 Å². The zero-order valence-corrected chi connectivity index (χ0v) is 26.8. The smallest absolute Gasteiger partial charge is 0.164 e. The lowest BCUT2D eigenvalue weighted by atomic mass is 9.43. The van der Waals surface area contributed by atoms with Gasteiger partial charge in [-0.25, -0.2) is 15.0 Å². The molecule has 6 aromatic carbocycles. The third kappa shape index (κ3) is 3.68. The summed E-state index contributed by atoms with van der Waals surface area (Å²) in [6, 6.07) is 46.3. The first-order valence-corrected chi connectivity index (χ1v) is 17.7. The summed E-state index contributed by atoms with van der Waals surface area (Å²) in [6.07, 6.45) is 6.95. The predicted octanol–water partition coefficient (Wildman–Crippen LogP) is 10.9. The molecule has 1 spiro atoms. The van der Waals surface area contributed by atoms with E-state index in [4.69, 9.17) is 15.0 Å². The molecular formula is C45H35N3. The molecule has 4 bridgehead atoms. The third-order valence-electron chi connectivity index (χ3n) is 12.5. The summed E-state index contributed by atoms with van der Waals surface area (Å²) in [5, 5.41) is 5.14. The molecule has 5 aliphatic carbocycles. The number of hydrogen-bond acceptors (Lipinski definition) is 3. The fourth-order valence-corrected chi connectivity index (χ4v) is 10.9. The summed E-state index contributed by atoms with van der Waals surface area (Å²) in [6.45, 7) is 0. The van der Waals surface area contributed by atoms with E-state index in [1.165, 1.54) is 59.4 Å². The van der Waals surface area contributed by atoms with Crippen molar-refractivity contribution < 1.29 is 0 Å². The molecule has 0 radical (unpaired) electrons. The Hall–Kier alpha value is -5.15. The van der Waals surface area contributed by atoms with Gasteiger partial charge in [-0.05, 0) is 106 Å². The van der Waals surface area contributed by atoms with Crippen molar-refractivity contribution in [3.63, 3.8) is 0 Å². The first-order chi connectivity index (χ1) is 23.7. The van der Waals surface area contributed by atoms with Gasteiger partial charge in [0.25, 0.3) is 0 Å². The highest BCUT2D eigenvalue weighted by Crippen LogP contribution is 2.70. The summed E-state index contributed by atoms with van der Waals surface area (Å²) >= 11 is 0. The molecule has 0 N–H and O–H groups in total. The average molecular weight is 618 g/mol. The van der Waals surface area contributed by atoms with Gasteiger partial charge in [0.1, 0.15) is 0 Å². The largest absolute Gasteiger partial charge is 0.208 e. The minimum Gasteiger partial charge on any atom is -0.208 e. The molecule has 7 aromatic rings. The van der Waals surface area contributed by atoms with E-state index >= 15 is 0 Å². The number of nitrogens with zero attached hydrogens (tertiary/aromatic N) is 3. The van der Waals surface area contributed by atoms with Gasteiger partial charge in [-0.3, -0.25) is 0 Å². The van der Waals surface area contributed by atoms with E-state index in [0.29, 0.717) is 23.5 Å². The van der Waals surface area contributed by atoms with Gasteiger partial charge < -0.3 is 0 Å². The highest BCUT2D eigenvalue weighted by atomic mass is 15.0. The monoisotopic (exact) mass is 617 g/mol. The van der Waals surface area contributed by atoms with Crippen molar-refractivity contribution in [2.45, 2.75) is 37.5 Å². The van der Waals surface area contributed by atoms with Gasteiger partial charge in [-0.15, -0.1) is 0 Å². The Bertz CT molecular complexity index is 2390. The molecule has 1 heterocycles. The SMILES string of the molecule is c1ccc(-c2nc(-c3ccc4c(c3)-c3ccc5ccccc5c3C43C4CC5CC(C4)CC3C5)nc(-c3cccc4ccccc34)n2)cc1. The normalized spacial score (nSPS) is 24.8. The summed E-state index contributed by atoms with van der Waals surface area (Å²) in [4.78, 5) is 15.5. The van der Waals surface area contributed by atoms with Crippen molar-refractivity contribution in [2.24, 2.45) is 23.7 Å². The maximum absolute atomic E-state index is 5.24. The van der Waals surface area contributed by atoms with Crippen LogP contribution in [-0.4, -0.2) is 15.0 Å². The van der Waals surface area contributed by atoms with Crippen LogP contribution in [0.2, 0.25) is 0 Å². The highest BCUT2D eigenvalue weighted by Gasteiger charge is 2.62. The van der Waals surface area contributed by atoms with Crippen molar-refractivity contribution in [2.75, 3.05) is 0 Å². The quantitative estimate of drug-likeness (QED) is 0.198. The Morgan fingerprint density at radius 2 is 1.06 bits per heavy atom. The minimum absolute atomic E-state index is 0.0971. The number of hydrogen-bond donors (Lipinski definition) is 0. The Kier molecular flexibility index (Phi) is 5.56. The predicted molar refractivity (Wildman–Crippen MR) is 194 cm³/mol. The summed E-state index contributed by atoms with van der Waals surface area (Å²) in [5.74, 6) is 5.38. The van der Waals surface area contributed by atoms with Gasteiger partial charge >= 0.3 is 0 Å². The first kappa shape index (κ1) is 26.9. The van der Waals surface area contributed by atoms with Crippen LogP contribution in [-0.2, 0) is 5.41 Å². The maximum atomic E-state index is 5.24. The molecule has 3 heteroatoms. The molecule has 0 unspecified atom stereocenters. The van der Waals surface area contributed by atoms with Gasteiger partial charge in [0, 0.05) is 22.1 Å². The maximum Gasteiger partial charge on any atom is 0.164 e. The van der Waals surface area contributed by atoms with Crippen LogP contribution in [0.25, 0.3) is 66.8 Å². The standard InChI is InChI=1S/C45H35N3/c1-2-11-31(12-3-1)42-46-43(48-44(47-42)38-16-8-13-29-9-4-6-14-35(29)38)32-18-20-40-39(26-32)37-19-17-30-10-5-7-15-36(30)41(37)45(40)33-22-27-21-28(24-33)25-34(45)23-27/h1-20,26-28,33-34H,21-25H2. The molecule has 12 rings (SSSR count). The van der Waals surface area contributed by atoms with Crippen LogP contribution >= 0.6 is 0 Å². The molecule has 4 fully saturated rings. The summed E-state index contributed by atoms with van der Waals surface area (Å²) in [5.41, 5.74) is 9.14.